The second-order valence-electron chi connectivity index (χ2n) is 3.78. The highest BCUT2D eigenvalue weighted by Crippen LogP contribution is 2.12. The smallest absolute Gasteiger partial charge is 0.352 e. The second-order valence-corrected chi connectivity index (χ2v) is 4.62. The molecule has 0 bridgehead atoms. The molecule has 0 unspecified atom stereocenters. The SMILES string of the molecule is CC(=O)c1cc(C(=O)O)n(Cc2csc(=O)[nH]2)c1. The number of hydrogen-bond donors (Lipinski definition) is 2. The molecule has 2 aromatic heterocycles. The number of nitrogens with zero attached hydrogens (tertiary/aromatic N) is 1. The Kier molecular flexibility index (Phi) is 3.15. The number of carboxylic acid groups (broad SMARTS) is 1. The van der Waals surface area contributed by atoms with Crippen LogP contribution in [0.15, 0.2) is 22.4 Å². The fourth-order valence-corrected chi connectivity index (χ4v) is 2.16. The van der Waals surface area contributed by atoms with Crippen LogP contribution in [0.2, 0.25) is 0 Å². The molecule has 0 radical (unpaired) electrons. The van der Waals surface area contributed by atoms with Gasteiger partial charge in [0.05, 0.1) is 6.54 Å². The van der Waals surface area contributed by atoms with Gasteiger partial charge in [0, 0.05) is 22.8 Å². The molecule has 2 aromatic rings. The Morgan fingerprint density at radius 3 is 2.72 bits per heavy atom. The van der Waals surface area contributed by atoms with Crippen LogP contribution in [-0.4, -0.2) is 26.4 Å². The van der Waals surface area contributed by atoms with Gasteiger partial charge in [0.1, 0.15) is 5.69 Å². The van der Waals surface area contributed by atoms with Crippen LogP contribution in [0.25, 0.3) is 0 Å². The van der Waals surface area contributed by atoms with E-state index in [0.29, 0.717) is 11.3 Å². The lowest BCUT2D eigenvalue weighted by Crippen LogP contribution is -2.09. The molecule has 2 N–H and O–H groups in total. The maximum absolute atomic E-state index is 11.2. The number of thiazole rings is 1. The predicted octanol–water partition coefficient (Wildman–Crippen LogP) is 1.19. The molecule has 0 fully saturated rings. The zero-order chi connectivity index (χ0) is 13.3. The largest absolute Gasteiger partial charge is 0.477 e. The number of carbonyl (C=O) groups excluding carboxylic acids is 1. The van der Waals surface area contributed by atoms with Crippen molar-refractivity contribution in [3.05, 3.63) is 44.3 Å². The van der Waals surface area contributed by atoms with Crippen LogP contribution in [0.3, 0.4) is 0 Å². The van der Waals surface area contributed by atoms with E-state index in [1.807, 2.05) is 0 Å². The molecule has 0 aromatic carbocycles. The topological polar surface area (TPSA) is 92.2 Å². The summed E-state index contributed by atoms with van der Waals surface area (Å²) in [5, 5.41) is 10.7. The number of nitrogens with one attached hydrogen (secondary N) is 1. The van der Waals surface area contributed by atoms with E-state index in [4.69, 9.17) is 5.11 Å². The zero-order valence-electron chi connectivity index (χ0n) is 9.47. The highest BCUT2D eigenvalue weighted by molar-refractivity contribution is 7.07. The molecule has 94 valence electrons. The van der Waals surface area contributed by atoms with Gasteiger partial charge in [-0.25, -0.2) is 4.79 Å². The van der Waals surface area contributed by atoms with Crippen LogP contribution in [0.4, 0.5) is 0 Å². The van der Waals surface area contributed by atoms with E-state index in [1.165, 1.54) is 23.8 Å². The molecule has 0 aliphatic heterocycles. The van der Waals surface area contributed by atoms with E-state index in [9.17, 15) is 14.4 Å². The maximum Gasteiger partial charge on any atom is 0.352 e. The number of aromatic amines is 1. The summed E-state index contributed by atoms with van der Waals surface area (Å²) in [6.07, 6.45) is 1.47. The molecule has 0 saturated heterocycles. The summed E-state index contributed by atoms with van der Waals surface area (Å²) in [5.74, 6) is -1.31. The van der Waals surface area contributed by atoms with Gasteiger partial charge in [-0.2, -0.15) is 0 Å². The first-order chi connectivity index (χ1) is 8.47. The number of rotatable bonds is 4. The predicted molar refractivity (Wildman–Crippen MR) is 65.4 cm³/mol. The quantitative estimate of drug-likeness (QED) is 0.813. The first kappa shape index (κ1) is 12.3. The van der Waals surface area contributed by atoms with Gasteiger partial charge in [-0.3, -0.25) is 9.59 Å². The van der Waals surface area contributed by atoms with Crippen LogP contribution in [0.1, 0.15) is 33.5 Å². The van der Waals surface area contributed by atoms with Gasteiger partial charge < -0.3 is 14.7 Å². The second kappa shape index (κ2) is 4.61. The Morgan fingerprint density at radius 2 is 2.22 bits per heavy atom. The molecule has 18 heavy (non-hydrogen) atoms. The monoisotopic (exact) mass is 266 g/mol. The highest BCUT2D eigenvalue weighted by Gasteiger charge is 2.15. The van der Waals surface area contributed by atoms with Crippen molar-refractivity contribution in [3.63, 3.8) is 0 Å². The minimum Gasteiger partial charge on any atom is -0.477 e. The standard InChI is InChI=1S/C11H10N2O4S/c1-6(14)7-2-9(10(15)16)13(3-7)4-8-5-18-11(17)12-8/h2-3,5H,4H2,1H3,(H,12,17)(H,15,16). The average Bonchev–Trinajstić information content (AvgIpc) is 2.85. The Morgan fingerprint density at radius 1 is 1.50 bits per heavy atom. The fourth-order valence-electron chi connectivity index (χ4n) is 1.59. The molecular formula is C11H10N2O4S. The lowest BCUT2D eigenvalue weighted by molar-refractivity contribution is 0.0685. The van der Waals surface area contributed by atoms with Crippen LogP contribution < -0.4 is 4.87 Å². The minimum absolute atomic E-state index is 0.0206. The van der Waals surface area contributed by atoms with Gasteiger partial charge in [0.15, 0.2) is 5.78 Å². The van der Waals surface area contributed by atoms with Crippen molar-refractivity contribution in [3.8, 4) is 0 Å². The Hall–Kier alpha value is -2.15. The third-order valence-electron chi connectivity index (χ3n) is 2.43. The number of aromatic carboxylic acids is 1. The van der Waals surface area contributed by atoms with Crippen molar-refractivity contribution >= 4 is 23.1 Å². The van der Waals surface area contributed by atoms with Crippen LogP contribution in [0, 0.1) is 0 Å². The summed E-state index contributed by atoms with van der Waals surface area (Å²) in [4.78, 5) is 35.7. The molecule has 7 heteroatoms. The van der Waals surface area contributed by atoms with Crippen molar-refractivity contribution in [1.82, 2.24) is 9.55 Å². The zero-order valence-corrected chi connectivity index (χ0v) is 10.3. The number of carbonyl (C=O) groups is 2. The van der Waals surface area contributed by atoms with Gasteiger partial charge in [-0.05, 0) is 13.0 Å². The number of carboxylic acids is 1. The molecule has 0 amide bonds. The lowest BCUT2D eigenvalue weighted by atomic mass is 10.2. The summed E-state index contributed by atoms with van der Waals surface area (Å²) >= 11 is 1.01. The van der Waals surface area contributed by atoms with Crippen molar-refractivity contribution in [2.75, 3.05) is 0 Å². The van der Waals surface area contributed by atoms with Gasteiger partial charge in [0.2, 0.25) is 0 Å². The molecule has 0 aliphatic carbocycles. The number of ketones is 1. The molecule has 0 atom stereocenters. The summed E-state index contributed by atoms with van der Waals surface area (Å²) in [6, 6.07) is 1.33. The first-order valence-electron chi connectivity index (χ1n) is 5.08. The first-order valence-corrected chi connectivity index (χ1v) is 5.96. The van der Waals surface area contributed by atoms with E-state index in [1.54, 1.807) is 5.38 Å². The van der Waals surface area contributed by atoms with Crippen LogP contribution in [-0.2, 0) is 6.54 Å². The van der Waals surface area contributed by atoms with E-state index >= 15 is 0 Å². The maximum atomic E-state index is 11.2. The summed E-state index contributed by atoms with van der Waals surface area (Å²) in [7, 11) is 0. The average molecular weight is 266 g/mol. The van der Waals surface area contributed by atoms with Crippen LogP contribution in [0.5, 0.6) is 0 Å². The minimum atomic E-state index is -1.11. The summed E-state index contributed by atoms with van der Waals surface area (Å²) in [6.45, 7) is 1.59. The molecule has 2 heterocycles. The molecule has 0 spiro atoms. The van der Waals surface area contributed by atoms with Crippen molar-refractivity contribution in [1.29, 1.82) is 0 Å². The number of H-pyrrole nitrogens is 1. The van der Waals surface area contributed by atoms with Gasteiger partial charge >= 0.3 is 10.8 Å². The van der Waals surface area contributed by atoms with Gasteiger partial charge in [-0.15, -0.1) is 0 Å². The highest BCUT2D eigenvalue weighted by atomic mass is 32.1. The number of aromatic nitrogens is 2. The molecule has 2 rings (SSSR count). The normalized spacial score (nSPS) is 10.5. The van der Waals surface area contributed by atoms with Crippen LogP contribution >= 0.6 is 11.3 Å². The van der Waals surface area contributed by atoms with Gasteiger partial charge in [-0.1, -0.05) is 11.3 Å². The summed E-state index contributed by atoms with van der Waals surface area (Å²) in [5.41, 5.74) is 0.968. The molecule has 0 saturated carbocycles. The molecule has 6 nitrogen and oxygen atoms in total. The van der Waals surface area contributed by atoms with E-state index in [0.717, 1.165) is 11.3 Å². The molecular weight excluding hydrogens is 256 g/mol. The Bertz CT molecular complexity index is 665. The third-order valence-corrected chi connectivity index (χ3v) is 3.15. The Labute approximate surface area is 106 Å². The lowest BCUT2D eigenvalue weighted by Gasteiger charge is -2.03. The van der Waals surface area contributed by atoms with Crippen molar-refractivity contribution < 1.29 is 14.7 Å². The number of hydrogen-bond acceptors (Lipinski definition) is 4. The number of Topliss-reactive ketones (excluding diaryl/α,β-unsaturated/α-hetero) is 1. The molecule has 0 aliphatic rings. The summed E-state index contributed by atoms with van der Waals surface area (Å²) < 4.78 is 1.43. The van der Waals surface area contributed by atoms with E-state index in [2.05, 4.69) is 4.98 Å². The van der Waals surface area contributed by atoms with E-state index < -0.39 is 5.97 Å². The van der Waals surface area contributed by atoms with Gasteiger partial charge in [0.25, 0.3) is 0 Å². The fraction of sp³-hybridized carbons (Fsp3) is 0.182. The Balaban J connectivity index is 2.39. The van der Waals surface area contributed by atoms with Crippen molar-refractivity contribution in [2.45, 2.75) is 13.5 Å². The third kappa shape index (κ3) is 2.40. The van der Waals surface area contributed by atoms with Crippen molar-refractivity contribution in [2.24, 2.45) is 0 Å². The van der Waals surface area contributed by atoms with E-state index in [-0.39, 0.29) is 22.9 Å².